The van der Waals surface area contributed by atoms with E-state index in [1.807, 2.05) is 0 Å². The lowest BCUT2D eigenvalue weighted by atomic mass is 10.2. The third-order valence-corrected chi connectivity index (χ3v) is 3.40. The Labute approximate surface area is 111 Å². The van der Waals surface area contributed by atoms with E-state index in [0.717, 1.165) is 31.6 Å². The normalized spacial score (nSPS) is 16.2. The minimum atomic E-state index is -1.40. The Balaban J connectivity index is 1.67. The molecule has 2 rings (SSSR count). The average Bonchev–Trinajstić information content (AvgIpc) is 2.88. The Morgan fingerprint density at radius 3 is 2.32 bits per heavy atom. The van der Waals surface area contributed by atoms with E-state index in [0.29, 0.717) is 12.1 Å². The summed E-state index contributed by atoms with van der Waals surface area (Å²) in [6, 6.07) is 2.07. The van der Waals surface area contributed by atoms with Gasteiger partial charge in [-0.05, 0) is 63.1 Å². The number of rotatable bonds is 6. The first-order valence-corrected chi connectivity index (χ1v) is 6.73. The van der Waals surface area contributed by atoms with Gasteiger partial charge in [0.1, 0.15) is 0 Å². The topological polar surface area (TPSA) is 15.3 Å². The molecule has 1 aliphatic rings. The molecule has 0 unspecified atom stereocenters. The number of likely N-dealkylation sites (tertiary alicyclic amines) is 1. The summed E-state index contributed by atoms with van der Waals surface area (Å²) in [6.45, 7) is 4.55. The van der Waals surface area contributed by atoms with E-state index in [2.05, 4.69) is 10.2 Å². The molecule has 0 aromatic heterocycles. The van der Waals surface area contributed by atoms with Crippen molar-refractivity contribution >= 4 is 0 Å². The van der Waals surface area contributed by atoms with Gasteiger partial charge in [0.15, 0.2) is 17.5 Å². The molecular formula is C14H19F3N2. The van der Waals surface area contributed by atoms with Gasteiger partial charge in [0.2, 0.25) is 0 Å². The number of halogens is 3. The van der Waals surface area contributed by atoms with Crippen LogP contribution < -0.4 is 5.32 Å². The second kappa shape index (κ2) is 6.91. The van der Waals surface area contributed by atoms with Gasteiger partial charge in [0, 0.05) is 6.54 Å². The number of hydrogen-bond acceptors (Lipinski definition) is 2. The van der Waals surface area contributed by atoms with Crippen LogP contribution in [0, 0.1) is 17.5 Å². The second-order valence-corrected chi connectivity index (χ2v) is 4.95. The summed E-state index contributed by atoms with van der Waals surface area (Å²) >= 11 is 0. The summed E-state index contributed by atoms with van der Waals surface area (Å²) in [7, 11) is 0. The van der Waals surface area contributed by atoms with Crippen LogP contribution in [0.15, 0.2) is 12.1 Å². The lowest BCUT2D eigenvalue weighted by Crippen LogP contribution is -2.24. The SMILES string of the molecule is Fc1cc(CNCCCN2CCCC2)cc(F)c1F. The van der Waals surface area contributed by atoms with Crippen LogP contribution in [-0.2, 0) is 6.54 Å². The first kappa shape index (κ1) is 14.3. The van der Waals surface area contributed by atoms with Crippen LogP contribution in [0.4, 0.5) is 13.2 Å². The zero-order valence-electron chi connectivity index (χ0n) is 10.9. The van der Waals surface area contributed by atoms with Gasteiger partial charge in [0.25, 0.3) is 0 Å². The molecule has 0 spiro atoms. The Kier molecular flexibility index (Phi) is 5.22. The van der Waals surface area contributed by atoms with Gasteiger partial charge < -0.3 is 10.2 Å². The molecule has 1 aliphatic heterocycles. The highest BCUT2D eigenvalue weighted by Crippen LogP contribution is 2.13. The smallest absolute Gasteiger partial charge is 0.194 e. The minimum absolute atomic E-state index is 0.355. The highest BCUT2D eigenvalue weighted by atomic mass is 19.2. The average molecular weight is 272 g/mol. The van der Waals surface area contributed by atoms with E-state index in [4.69, 9.17) is 0 Å². The summed E-state index contributed by atoms with van der Waals surface area (Å²) in [4.78, 5) is 2.42. The maximum atomic E-state index is 13.0. The van der Waals surface area contributed by atoms with E-state index in [-0.39, 0.29) is 0 Å². The van der Waals surface area contributed by atoms with E-state index < -0.39 is 17.5 Å². The maximum absolute atomic E-state index is 13.0. The van der Waals surface area contributed by atoms with Crippen molar-refractivity contribution in [3.05, 3.63) is 35.1 Å². The van der Waals surface area contributed by atoms with Crippen LogP contribution in [-0.4, -0.2) is 31.1 Å². The number of benzene rings is 1. The molecule has 0 atom stereocenters. The fourth-order valence-corrected chi connectivity index (χ4v) is 2.38. The molecule has 19 heavy (non-hydrogen) atoms. The number of hydrogen-bond donors (Lipinski definition) is 1. The lowest BCUT2D eigenvalue weighted by Gasteiger charge is -2.14. The standard InChI is InChI=1S/C14H19F3N2/c15-12-8-11(9-13(16)14(12)17)10-18-4-3-7-19-5-1-2-6-19/h8-9,18H,1-7,10H2. The predicted molar refractivity (Wildman–Crippen MR) is 68.3 cm³/mol. The summed E-state index contributed by atoms with van der Waals surface area (Å²) in [5, 5.41) is 3.12. The van der Waals surface area contributed by atoms with E-state index in [9.17, 15) is 13.2 Å². The van der Waals surface area contributed by atoms with Gasteiger partial charge in [-0.2, -0.15) is 0 Å². The molecule has 0 bridgehead atoms. The van der Waals surface area contributed by atoms with Crippen molar-refractivity contribution in [1.82, 2.24) is 10.2 Å². The number of nitrogens with one attached hydrogen (secondary N) is 1. The second-order valence-electron chi connectivity index (χ2n) is 4.95. The molecule has 2 nitrogen and oxygen atoms in total. The Hall–Kier alpha value is -1.07. The first-order valence-electron chi connectivity index (χ1n) is 6.73. The van der Waals surface area contributed by atoms with Gasteiger partial charge in [-0.3, -0.25) is 0 Å². The minimum Gasteiger partial charge on any atom is -0.313 e. The van der Waals surface area contributed by atoms with Gasteiger partial charge in [0.05, 0.1) is 0 Å². The molecule has 5 heteroatoms. The van der Waals surface area contributed by atoms with Crippen molar-refractivity contribution in [3.63, 3.8) is 0 Å². The summed E-state index contributed by atoms with van der Waals surface area (Å²) in [5.74, 6) is -3.67. The molecule has 1 aromatic rings. The molecule has 1 N–H and O–H groups in total. The van der Waals surface area contributed by atoms with E-state index in [1.54, 1.807) is 0 Å². The van der Waals surface area contributed by atoms with Gasteiger partial charge in [-0.15, -0.1) is 0 Å². The van der Waals surface area contributed by atoms with Crippen molar-refractivity contribution in [1.29, 1.82) is 0 Å². The van der Waals surface area contributed by atoms with Crippen molar-refractivity contribution in [2.24, 2.45) is 0 Å². The fourth-order valence-electron chi connectivity index (χ4n) is 2.38. The van der Waals surface area contributed by atoms with Crippen molar-refractivity contribution < 1.29 is 13.2 Å². The fraction of sp³-hybridized carbons (Fsp3) is 0.571. The third kappa shape index (κ3) is 4.21. The molecule has 106 valence electrons. The third-order valence-electron chi connectivity index (χ3n) is 3.40. The zero-order valence-corrected chi connectivity index (χ0v) is 10.9. The Morgan fingerprint density at radius 1 is 1.05 bits per heavy atom. The number of nitrogens with zero attached hydrogens (tertiary/aromatic N) is 1. The largest absolute Gasteiger partial charge is 0.313 e. The van der Waals surface area contributed by atoms with Gasteiger partial charge in [-0.1, -0.05) is 0 Å². The van der Waals surface area contributed by atoms with Crippen LogP contribution in [0.3, 0.4) is 0 Å². The monoisotopic (exact) mass is 272 g/mol. The highest BCUT2D eigenvalue weighted by molar-refractivity contribution is 5.19. The van der Waals surface area contributed by atoms with Crippen LogP contribution >= 0.6 is 0 Å². The van der Waals surface area contributed by atoms with Gasteiger partial charge >= 0.3 is 0 Å². The highest BCUT2D eigenvalue weighted by Gasteiger charge is 2.11. The summed E-state index contributed by atoms with van der Waals surface area (Å²) in [6.07, 6.45) is 3.56. The van der Waals surface area contributed by atoms with E-state index >= 15 is 0 Å². The first-order chi connectivity index (χ1) is 9.16. The molecule has 1 heterocycles. The predicted octanol–water partition coefficient (Wildman–Crippen LogP) is 2.68. The van der Waals surface area contributed by atoms with Crippen LogP contribution in [0.2, 0.25) is 0 Å². The summed E-state index contributed by atoms with van der Waals surface area (Å²) in [5.41, 5.74) is 0.428. The molecule has 0 amide bonds. The maximum Gasteiger partial charge on any atom is 0.194 e. The lowest BCUT2D eigenvalue weighted by molar-refractivity contribution is 0.331. The van der Waals surface area contributed by atoms with Crippen LogP contribution in [0.1, 0.15) is 24.8 Å². The Bertz CT molecular complexity index is 394. The molecule has 1 saturated heterocycles. The van der Waals surface area contributed by atoms with Crippen LogP contribution in [0.25, 0.3) is 0 Å². The summed E-state index contributed by atoms with van der Waals surface area (Å²) < 4.78 is 38.7. The van der Waals surface area contributed by atoms with Crippen LogP contribution in [0.5, 0.6) is 0 Å². The van der Waals surface area contributed by atoms with Crippen molar-refractivity contribution in [2.45, 2.75) is 25.8 Å². The molecular weight excluding hydrogens is 253 g/mol. The van der Waals surface area contributed by atoms with Crippen molar-refractivity contribution in [3.8, 4) is 0 Å². The Morgan fingerprint density at radius 2 is 1.68 bits per heavy atom. The molecule has 0 radical (unpaired) electrons. The quantitative estimate of drug-likeness (QED) is 0.632. The van der Waals surface area contributed by atoms with Crippen molar-refractivity contribution in [2.75, 3.05) is 26.2 Å². The molecule has 1 fully saturated rings. The van der Waals surface area contributed by atoms with Gasteiger partial charge in [-0.25, -0.2) is 13.2 Å². The molecule has 0 saturated carbocycles. The zero-order chi connectivity index (χ0) is 13.7. The van der Waals surface area contributed by atoms with E-state index in [1.165, 1.54) is 25.9 Å². The molecule has 0 aliphatic carbocycles. The molecule has 1 aromatic carbocycles.